The molecule has 19 heavy (non-hydrogen) atoms. The number of carbonyl (C=O) groups excluding carboxylic acids is 1. The highest BCUT2D eigenvalue weighted by Gasteiger charge is 2.11. The van der Waals surface area contributed by atoms with Crippen LogP contribution < -0.4 is 5.32 Å². The van der Waals surface area contributed by atoms with E-state index in [4.69, 9.17) is 23.2 Å². The van der Waals surface area contributed by atoms with Gasteiger partial charge in [-0.05, 0) is 18.2 Å². The van der Waals surface area contributed by atoms with Crippen LogP contribution in [0.5, 0.6) is 0 Å². The number of hydrogen-bond acceptors (Lipinski definition) is 2. The monoisotopic (exact) mass is 298 g/mol. The maximum Gasteiger partial charge on any atom is 0.321 e. The number of H-pyrrole nitrogens is 1. The molecule has 0 bridgehead atoms. The van der Waals surface area contributed by atoms with Crippen LogP contribution in [0.2, 0.25) is 10.0 Å². The molecule has 1 heterocycles. The molecule has 0 fully saturated rings. The van der Waals surface area contributed by atoms with Gasteiger partial charge in [0, 0.05) is 25.1 Å². The second-order valence-corrected chi connectivity index (χ2v) is 4.77. The molecule has 0 saturated carbocycles. The highest BCUT2D eigenvalue weighted by molar-refractivity contribution is 6.42. The fourth-order valence-electron chi connectivity index (χ4n) is 1.47. The lowest BCUT2D eigenvalue weighted by molar-refractivity contribution is 0.219. The summed E-state index contributed by atoms with van der Waals surface area (Å²) in [4.78, 5) is 20.4. The average Bonchev–Trinajstić information content (AvgIpc) is 2.86. The summed E-state index contributed by atoms with van der Waals surface area (Å²) in [6, 6.07) is 4.66. The first-order valence-corrected chi connectivity index (χ1v) is 6.27. The van der Waals surface area contributed by atoms with E-state index in [1.807, 2.05) is 0 Å². The van der Waals surface area contributed by atoms with Crippen LogP contribution in [0.1, 0.15) is 5.82 Å². The van der Waals surface area contributed by atoms with Gasteiger partial charge in [-0.1, -0.05) is 23.2 Å². The maximum atomic E-state index is 11.9. The predicted octanol–water partition coefficient (Wildman–Crippen LogP) is 3.38. The molecule has 100 valence electrons. The van der Waals surface area contributed by atoms with Gasteiger partial charge < -0.3 is 15.2 Å². The van der Waals surface area contributed by atoms with Crippen molar-refractivity contribution in [3.05, 3.63) is 46.5 Å². The predicted molar refractivity (Wildman–Crippen MR) is 75.5 cm³/mol. The minimum Gasteiger partial charge on any atom is -0.347 e. The fraction of sp³-hybridized carbons (Fsp3) is 0.167. The van der Waals surface area contributed by atoms with Crippen molar-refractivity contribution in [3.63, 3.8) is 0 Å². The molecule has 2 amide bonds. The lowest BCUT2D eigenvalue weighted by Crippen LogP contribution is -2.31. The molecule has 0 saturated heterocycles. The Labute approximate surface area is 120 Å². The standard InChI is InChI=1S/C12H12Cl2N4O/c1-18(7-11-15-4-5-16-11)12(19)17-8-2-3-9(13)10(14)6-8/h2-6H,7H2,1H3,(H,15,16)(H,17,19). The Morgan fingerprint density at radius 1 is 1.42 bits per heavy atom. The molecule has 1 aromatic heterocycles. The van der Waals surface area contributed by atoms with Gasteiger partial charge in [-0.2, -0.15) is 0 Å². The van der Waals surface area contributed by atoms with E-state index in [-0.39, 0.29) is 6.03 Å². The number of nitrogens with zero attached hydrogens (tertiary/aromatic N) is 2. The summed E-state index contributed by atoms with van der Waals surface area (Å²) in [5, 5.41) is 3.57. The van der Waals surface area contributed by atoms with Gasteiger partial charge >= 0.3 is 6.03 Å². The molecule has 0 aliphatic heterocycles. The van der Waals surface area contributed by atoms with Crippen molar-refractivity contribution in [2.45, 2.75) is 6.54 Å². The maximum absolute atomic E-state index is 11.9. The average molecular weight is 299 g/mol. The highest BCUT2D eigenvalue weighted by Crippen LogP contribution is 2.25. The number of urea groups is 1. The summed E-state index contributed by atoms with van der Waals surface area (Å²) in [5.74, 6) is 0.715. The summed E-state index contributed by atoms with van der Waals surface area (Å²) in [6.45, 7) is 0.389. The number of anilines is 1. The van der Waals surface area contributed by atoms with Gasteiger partial charge in [-0.3, -0.25) is 0 Å². The summed E-state index contributed by atoms with van der Waals surface area (Å²) in [6.07, 6.45) is 3.35. The van der Waals surface area contributed by atoms with Crippen LogP contribution in [-0.4, -0.2) is 27.9 Å². The van der Waals surface area contributed by atoms with Gasteiger partial charge in [-0.15, -0.1) is 0 Å². The van der Waals surface area contributed by atoms with Crippen molar-refractivity contribution >= 4 is 34.9 Å². The summed E-state index contributed by atoms with van der Waals surface area (Å²) < 4.78 is 0. The topological polar surface area (TPSA) is 61.0 Å². The lowest BCUT2D eigenvalue weighted by atomic mass is 10.3. The number of aromatic amines is 1. The number of imidazole rings is 1. The molecule has 0 spiro atoms. The molecule has 5 nitrogen and oxygen atoms in total. The Kier molecular flexibility index (Phi) is 4.29. The Hall–Kier alpha value is -1.72. The van der Waals surface area contributed by atoms with Gasteiger partial charge in [0.1, 0.15) is 5.82 Å². The van der Waals surface area contributed by atoms with Crippen LogP contribution in [0.3, 0.4) is 0 Å². The van der Waals surface area contributed by atoms with Crippen LogP contribution in [0.15, 0.2) is 30.6 Å². The normalized spacial score (nSPS) is 10.3. The van der Waals surface area contributed by atoms with Gasteiger partial charge in [0.25, 0.3) is 0 Å². The summed E-state index contributed by atoms with van der Waals surface area (Å²) in [5.41, 5.74) is 0.589. The van der Waals surface area contributed by atoms with E-state index in [0.29, 0.717) is 28.1 Å². The number of halogens is 2. The minimum atomic E-state index is -0.255. The van der Waals surface area contributed by atoms with Crippen molar-refractivity contribution in [1.29, 1.82) is 0 Å². The first kappa shape index (κ1) is 13.7. The van der Waals surface area contributed by atoms with Gasteiger partial charge in [0.15, 0.2) is 0 Å². The third-order valence-electron chi connectivity index (χ3n) is 2.46. The zero-order valence-corrected chi connectivity index (χ0v) is 11.7. The van der Waals surface area contributed by atoms with Crippen LogP contribution in [0.4, 0.5) is 10.5 Å². The molecule has 0 unspecified atom stereocenters. The molecule has 2 rings (SSSR count). The molecule has 0 aliphatic carbocycles. The van der Waals surface area contributed by atoms with E-state index in [0.717, 1.165) is 0 Å². The number of rotatable bonds is 3. The molecule has 2 N–H and O–H groups in total. The first-order valence-electron chi connectivity index (χ1n) is 5.51. The zero-order chi connectivity index (χ0) is 13.8. The number of aromatic nitrogens is 2. The molecular weight excluding hydrogens is 287 g/mol. The van der Waals surface area contributed by atoms with Crippen LogP contribution in [0, 0.1) is 0 Å². The zero-order valence-electron chi connectivity index (χ0n) is 10.2. The van der Waals surface area contributed by atoms with E-state index >= 15 is 0 Å². The summed E-state index contributed by atoms with van der Waals surface area (Å²) >= 11 is 11.7. The smallest absolute Gasteiger partial charge is 0.321 e. The second-order valence-electron chi connectivity index (χ2n) is 3.95. The van der Waals surface area contributed by atoms with Crippen molar-refractivity contribution < 1.29 is 4.79 Å². The number of nitrogens with one attached hydrogen (secondary N) is 2. The molecule has 1 aromatic carbocycles. The molecule has 0 aliphatic rings. The van der Waals surface area contributed by atoms with Crippen molar-refractivity contribution in [1.82, 2.24) is 14.9 Å². The van der Waals surface area contributed by atoms with E-state index in [9.17, 15) is 4.79 Å². The second kappa shape index (κ2) is 5.95. The molecular formula is C12H12Cl2N4O. The van der Waals surface area contributed by atoms with Crippen LogP contribution >= 0.6 is 23.2 Å². The number of hydrogen-bond donors (Lipinski definition) is 2. The fourth-order valence-corrected chi connectivity index (χ4v) is 1.77. The van der Waals surface area contributed by atoms with Gasteiger partial charge in [0.2, 0.25) is 0 Å². The van der Waals surface area contributed by atoms with Crippen LogP contribution in [0.25, 0.3) is 0 Å². The molecule has 2 aromatic rings. The SMILES string of the molecule is CN(Cc1ncc[nH]1)C(=O)Nc1ccc(Cl)c(Cl)c1. The number of carbonyl (C=O) groups is 1. The van der Waals surface area contributed by atoms with E-state index in [1.165, 1.54) is 4.90 Å². The molecule has 0 radical (unpaired) electrons. The Morgan fingerprint density at radius 2 is 2.21 bits per heavy atom. The van der Waals surface area contributed by atoms with Crippen LogP contribution in [-0.2, 0) is 6.54 Å². The third kappa shape index (κ3) is 3.62. The quantitative estimate of drug-likeness (QED) is 0.912. The highest BCUT2D eigenvalue weighted by atomic mass is 35.5. The minimum absolute atomic E-state index is 0.255. The lowest BCUT2D eigenvalue weighted by Gasteiger charge is -2.16. The van der Waals surface area contributed by atoms with E-state index in [1.54, 1.807) is 37.6 Å². The van der Waals surface area contributed by atoms with Crippen molar-refractivity contribution in [2.24, 2.45) is 0 Å². The van der Waals surface area contributed by atoms with E-state index in [2.05, 4.69) is 15.3 Å². The Morgan fingerprint density at radius 3 is 2.84 bits per heavy atom. The summed E-state index contributed by atoms with van der Waals surface area (Å²) in [7, 11) is 1.68. The Balaban J connectivity index is 1.98. The molecule has 0 atom stereocenters. The largest absolute Gasteiger partial charge is 0.347 e. The van der Waals surface area contributed by atoms with Crippen molar-refractivity contribution in [3.8, 4) is 0 Å². The van der Waals surface area contributed by atoms with Crippen molar-refractivity contribution in [2.75, 3.05) is 12.4 Å². The Bertz CT molecular complexity index is 571. The van der Waals surface area contributed by atoms with Gasteiger partial charge in [0.05, 0.1) is 16.6 Å². The van der Waals surface area contributed by atoms with E-state index < -0.39 is 0 Å². The molecule has 7 heteroatoms. The third-order valence-corrected chi connectivity index (χ3v) is 3.20. The number of benzene rings is 1. The number of amides is 2. The van der Waals surface area contributed by atoms with Gasteiger partial charge in [-0.25, -0.2) is 9.78 Å². The first-order chi connectivity index (χ1) is 9.06.